The van der Waals surface area contributed by atoms with Gasteiger partial charge in [0.15, 0.2) is 0 Å². The van der Waals surface area contributed by atoms with E-state index in [4.69, 9.17) is 0 Å². The molecule has 0 radical (unpaired) electrons. The smallest absolute Gasteiger partial charge is 0.263 e. The molecule has 0 atom stereocenters. The monoisotopic (exact) mass is 279 g/mol. The molecule has 1 heterocycles. The molecule has 4 nitrogen and oxygen atoms in total. The van der Waals surface area contributed by atoms with Crippen molar-refractivity contribution in [1.29, 1.82) is 0 Å². The quantitative estimate of drug-likeness (QED) is 0.736. The lowest BCUT2D eigenvalue weighted by molar-refractivity contribution is 0.531. The van der Waals surface area contributed by atoms with E-state index < -0.39 is 0 Å². The average Bonchev–Trinajstić information content (AvgIpc) is 2.81. The van der Waals surface area contributed by atoms with E-state index in [2.05, 4.69) is 17.1 Å². The average molecular weight is 279 g/mol. The van der Waals surface area contributed by atoms with Crippen LogP contribution in [-0.2, 0) is 13.0 Å². The third-order valence-electron chi connectivity index (χ3n) is 3.51. The standard InChI is InChI=1S/C17H17N3O/c1-14-18-17(21)20(16-10-6-3-7-11-16)19(14)13-12-15-8-4-2-5-9-15/h2-11H,12-13H2,1H3. The summed E-state index contributed by atoms with van der Waals surface area (Å²) in [4.78, 5) is 16.2. The van der Waals surface area contributed by atoms with E-state index in [0.29, 0.717) is 0 Å². The Morgan fingerprint density at radius 1 is 0.952 bits per heavy atom. The third kappa shape index (κ3) is 2.79. The van der Waals surface area contributed by atoms with Gasteiger partial charge in [0.25, 0.3) is 0 Å². The van der Waals surface area contributed by atoms with Crippen molar-refractivity contribution in [2.24, 2.45) is 0 Å². The minimum absolute atomic E-state index is 0.230. The maximum atomic E-state index is 12.1. The van der Waals surface area contributed by atoms with Crippen LogP contribution in [-0.4, -0.2) is 14.3 Å². The Morgan fingerprint density at radius 3 is 2.24 bits per heavy atom. The van der Waals surface area contributed by atoms with E-state index in [0.717, 1.165) is 24.5 Å². The predicted molar refractivity (Wildman–Crippen MR) is 82.7 cm³/mol. The second-order valence-electron chi connectivity index (χ2n) is 4.95. The van der Waals surface area contributed by atoms with Crippen LogP contribution in [0.5, 0.6) is 0 Å². The van der Waals surface area contributed by atoms with Gasteiger partial charge in [0.1, 0.15) is 5.82 Å². The van der Waals surface area contributed by atoms with Gasteiger partial charge >= 0.3 is 5.69 Å². The van der Waals surface area contributed by atoms with Gasteiger partial charge < -0.3 is 0 Å². The Hall–Kier alpha value is -2.62. The normalized spacial score (nSPS) is 10.7. The zero-order valence-corrected chi connectivity index (χ0v) is 11.9. The first kappa shape index (κ1) is 13.4. The van der Waals surface area contributed by atoms with E-state index in [1.54, 1.807) is 4.68 Å². The molecule has 0 N–H and O–H groups in total. The Bertz CT molecular complexity index is 773. The van der Waals surface area contributed by atoms with Crippen LogP contribution in [0.1, 0.15) is 11.4 Å². The molecule has 0 aliphatic heterocycles. The van der Waals surface area contributed by atoms with Crippen molar-refractivity contribution in [3.63, 3.8) is 0 Å². The van der Waals surface area contributed by atoms with Crippen LogP contribution >= 0.6 is 0 Å². The van der Waals surface area contributed by atoms with Crippen LogP contribution in [0.25, 0.3) is 5.69 Å². The van der Waals surface area contributed by atoms with Gasteiger partial charge in [-0.25, -0.2) is 4.79 Å². The molecule has 0 saturated carbocycles. The number of nitrogens with zero attached hydrogens (tertiary/aromatic N) is 3. The summed E-state index contributed by atoms with van der Waals surface area (Å²) in [6.45, 7) is 2.59. The van der Waals surface area contributed by atoms with Crippen molar-refractivity contribution in [2.45, 2.75) is 19.9 Å². The largest absolute Gasteiger partial charge is 0.368 e. The SMILES string of the molecule is Cc1nc(=O)n(-c2ccccc2)n1CCc1ccccc1. The highest BCUT2D eigenvalue weighted by molar-refractivity contribution is 5.29. The lowest BCUT2D eigenvalue weighted by Crippen LogP contribution is -2.23. The minimum atomic E-state index is -0.230. The summed E-state index contributed by atoms with van der Waals surface area (Å²) in [6, 6.07) is 19.9. The van der Waals surface area contributed by atoms with Crippen molar-refractivity contribution in [3.05, 3.63) is 82.5 Å². The Balaban J connectivity index is 1.94. The number of hydrogen-bond donors (Lipinski definition) is 0. The highest BCUT2D eigenvalue weighted by atomic mass is 16.2. The predicted octanol–water partition coefficient (Wildman–Crippen LogP) is 2.59. The number of aromatic nitrogens is 3. The molecule has 0 spiro atoms. The van der Waals surface area contributed by atoms with Gasteiger partial charge in [0, 0.05) is 6.54 Å². The Morgan fingerprint density at radius 2 is 1.57 bits per heavy atom. The van der Waals surface area contributed by atoms with Gasteiger partial charge in [-0.15, -0.1) is 0 Å². The van der Waals surface area contributed by atoms with Crippen LogP contribution in [0.3, 0.4) is 0 Å². The second kappa shape index (κ2) is 5.79. The summed E-state index contributed by atoms with van der Waals surface area (Å²) >= 11 is 0. The fourth-order valence-electron chi connectivity index (χ4n) is 2.45. The molecule has 0 aliphatic rings. The Kier molecular flexibility index (Phi) is 3.69. The van der Waals surface area contributed by atoms with Gasteiger partial charge in [-0.1, -0.05) is 48.5 Å². The van der Waals surface area contributed by atoms with Crippen LogP contribution in [0.2, 0.25) is 0 Å². The highest BCUT2D eigenvalue weighted by Crippen LogP contribution is 2.08. The fraction of sp³-hybridized carbons (Fsp3) is 0.176. The first-order chi connectivity index (χ1) is 10.3. The molecule has 1 aromatic heterocycles. The second-order valence-corrected chi connectivity index (χ2v) is 4.95. The summed E-state index contributed by atoms with van der Waals surface area (Å²) in [5.74, 6) is 0.736. The lowest BCUT2D eigenvalue weighted by Gasteiger charge is -2.12. The topological polar surface area (TPSA) is 39.8 Å². The van der Waals surface area contributed by atoms with E-state index in [-0.39, 0.29) is 5.69 Å². The van der Waals surface area contributed by atoms with Gasteiger partial charge in [-0.2, -0.15) is 9.67 Å². The zero-order valence-electron chi connectivity index (χ0n) is 11.9. The minimum Gasteiger partial charge on any atom is -0.263 e. The van der Waals surface area contributed by atoms with E-state index in [1.165, 1.54) is 5.56 Å². The molecule has 0 unspecified atom stereocenters. The molecule has 4 heteroatoms. The number of benzene rings is 2. The van der Waals surface area contributed by atoms with Crippen LogP contribution < -0.4 is 5.69 Å². The van der Waals surface area contributed by atoms with Crippen LogP contribution in [0, 0.1) is 6.92 Å². The number of hydrogen-bond acceptors (Lipinski definition) is 2. The molecule has 0 amide bonds. The molecule has 3 aromatic rings. The Labute approximate surface area is 123 Å². The molecule has 0 saturated heterocycles. The summed E-state index contributed by atoms with van der Waals surface area (Å²) in [6.07, 6.45) is 0.865. The summed E-state index contributed by atoms with van der Waals surface area (Å²) in [7, 11) is 0. The fourth-order valence-corrected chi connectivity index (χ4v) is 2.45. The summed E-state index contributed by atoms with van der Waals surface area (Å²) in [5, 5.41) is 0. The van der Waals surface area contributed by atoms with E-state index >= 15 is 0 Å². The molecule has 2 aromatic carbocycles. The van der Waals surface area contributed by atoms with Crippen molar-refractivity contribution in [3.8, 4) is 5.69 Å². The number of aryl methyl sites for hydroxylation is 2. The van der Waals surface area contributed by atoms with Crippen molar-refractivity contribution >= 4 is 0 Å². The first-order valence-electron chi connectivity index (χ1n) is 7.01. The van der Waals surface area contributed by atoms with Gasteiger partial charge in [0.05, 0.1) is 5.69 Å². The van der Waals surface area contributed by atoms with Crippen molar-refractivity contribution in [1.82, 2.24) is 14.3 Å². The van der Waals surface area contributed by atoms with Crippen molar-refractivity contribution in [2.75, 3.05) is 0 Å². The molecule has 21 heavy (non-hydrogen) atoms. The number of para-hydroxylation sites is 1. The molecular formula is C17H17N3O. The van der Waals surface area contributed by atoms with Crippen molar-refractivity contribution < 1.29 is 0 Å². The third-order valence-corrected chi connectivity index (χ3v) is 3.51. The molecule has 0 aliphatic carbocycles. The summed E-state index contributed by atoms with van der Waals surface area (Å²) in [5.41, 5.74) is 1.86. The number of rotatable bonds is 4. The van der Waals surface area contributed by atoms with Gasteiger partial charge in [-0.3, -0.25) is 4.68 Å². The zero-order chi connectivity index (χ0) is 14.7. The van der Waals surface area contributed by atoms with E-state index in [1.807, 2.05) is 60.1 Å². The highest BCUT2D eigenvalue weighted by Gasteiger charge is 2.11. The maximum absolute atomic E-state index is 12.1. The van der Waals surface area contributed by atoms with Crippen LogP contribution in [0.4, 0.5) is 0 Å². The first-order valence-corrected chi connectivity index (χ1v) is 7.01. The molecule has 0 bridgehead atoms. The van der Waals surface area contributed by atoms with Gasteiger partial charge in [0.2, 0.25) is 0 Å². The summed E-state index contributed by atoms with van der Waals surface area (Å²) < 4.78 is 3.57. The van der Waals surface area contributed by atoms with E-state index in [9.17, 15) is 4.79 Å². The molecule has 0 fully saturated rings. The maximum Gasteiger partial charge on any atom is 0.368 e. The van der Waals surface area contributed by atoms with Crippen LogP contribution in [0.15, 0.2) is 65.5 Å². The molecular weight excluding hydrogens is 262 g/mol. The lowest BCUT2D eigenvalue weighted by atomic mass is 10.1. The molecule has 3 rings (SSSR count). The molecule has 106 valence electrons. The van der Waals surface area contributed by atoms with Gasteiger partial charge in [-0.05, 0) is 31.0 Å².